The van der Waals surface area contributed by atoms with Crippen molar-refractivity contribution >= 4 is 10.8 Å². The van der Waals surface area contributed by atoms with Gasteiger partial charge in [0, 0.05) is 18.2 Å². The molecular weight excluding hydrogens is 212 g/mol. The molecule has 1 aliphatic heterocycles. The molecule has 2 aromatic rings. The van der Waals surface area contributed by atoms with E-state index in [4.69, 9.17) is 9.47 Å². The molecule has 1 heterocycles. The summed E-state index contributed by atoms with van der Waals surface area (Å²) in [6.45, 7) is 6.20. The summed E-state index contributed by atoms with van der Waals surface area (Å²) in [5.41, 5.74) is 0. The van der Waals surface area contributed by atoms with Gasteiger partial charge in [-0.3, -0.25) is 0 Å². The Labute approximate surface area is 101 Å². The molecule has 2 nitrogen and oxygen atoms in total. The average Bonchev–Trinajstić information content (AvgIpc) is 2.67. The van der Waals surface area contributed by atoms with Gasteiger partial charge in [-0.1, -0.05) is 44.2 Å². The van der Waals surface area contributed by atoms with Crippen LogP contribution >= 0.6 is 0 Å². The zero-order chi connectivity index (χ0) is 12.0. The highest BCUT2D eigenvalue weighted by molar-refractivity contribution is 5.91. The van der Waals surface area contributed by atoms with Gasteiger partial charge < -0.3 is 9.47 Å². The van der Waals surface area contributed by atoms with E-state index in [1.54, 1.807) is 0 Å². The Morgan fingerprint density at radius 1 is 1.00 bits per heavy atom. The Hall–Kier alpha value is -1.70. The normalized spacial score (nSPS) is 22.4. The van der Waals surface area contributed by atoms with E-state index in [2.05, 4.69) is 32.0 Å². The summed E-state index contributed by atoms with van der Waals surface area (Å²) in [7, 11) is 0. The van der Waals surface area contributed by atoms with Gasteiger partial charge in [-0.05, 0) is 11.5 Å². The fourth-order valence-electron chi connectivity index (χ4n) is 2.09. The number of rotatable bonds is 1. The lowest BCUT2D eigenvalue weighted by molar-refractivity contribution is -0.0985. The first-order valence-electron chi connectivity index (χ1n) is 6.00. The third-order valence-electron chi connectivity index (χ3n) is 3.51. The third-order valence-corrected chi connectivity index (χ3v) is 3.51. The van der Waals surface area contributed by atoms with E-state index in [9.17, 15) is 0 Å². The first-order chi connectivity index (χ1) is 8.10. The number of hydrogen-bond donors (Lipinski definition) is 0. The lowest BCUT2D eigenvalue weighted by Crippen LogP contribution is -2.40. The summed E-state index contributed by atoms with van der Waals surface area (Å²) in [4.78, 5) is 0. The van der Waals surface area contributed by atoms with Crippen molar-refractivity contribution in [3.05, 3.63) is 36.4 Å². The van der Waals surface area contributed by atoms with E-state index in [0.717, 1.165) is 16.9 Å². The molecule has 2 aromatic carbocycles. The predicted octanol–water partition coefficient (Wildman–Crippen LogP) is 3.98. The van der Waals surface area contributed by atoms with Gasteiger partial charge in [-0.25, -0.2) is 0 Å². The second-order valence-corrected chi connectivity index (χ2v) is 4.99. The summed E-state index contributed by atoms with van der Waals surface area (Å²) in [5, 5.41) is 2.30. The maximum Gasteiger partial charge on any atom is 0.251 e. The van der Waals surface area contributed by atoms with Gasteiger partial charge in [0.1, 0.15) is 0 Å². The van der Waals surface area contributed by atoms with Gasteiger partial charge in [0.05, 0.1) is 0 Å². The number of benzene rings is 2. The Kier molecular flexibility index (Phi) is 2.09. The molecule has 0 radical (unpaired) electrons. The van der Waals surface area contributed by atoms with Gasteiger partial charge in [0.2, 0.25) is 0 Å². The molecule has 0 saturated carbocycles. The third kappa shape index (κ3) is 1.47. The lowest BCUT2D eigenvalue weighted by atomic mass is 10.1. The fourth-order valence-corrected chi connectivity index (χ4v) is 2.09. The summed E-state index contributed by atoms with van der Waals surface area (Å²) in [6, 6.07) is 12.3. The van der Waals surface area contributed by atoms with Crippen LogP contribution in [0.4, 0.5) is 0 Å². The molecule has 0 amide bonds. The highest BCUT2D eigenvalue weighted by Crippen LogP contribution is 2.46. The van der Waals surface area contributed by atoms with Crippen molar-refractivity contribution in [1.82, 2.24) is 0 Å². The van der Waals surface area contributed by atoms with E-state index in [1.165, 1.54) is 5.39 Å². The van der Waals surface area contributed by atoms with Crippen LogP contribution in [0.2, 0.25) is 0 Å². The molecule has 88 valence electrons. The van der Waals surface area contributed by atoms with Gasteiger partial charge in [-0.15, -0.1) is 0 Å². The van der Waals surface area contributed by atoms with Crippen LogP contribution in [-0.4, -0.2) is 5.79 Å². The highest BCUT2D eigenvalue weighted by atomic mass is 16.7. The standard InChI is InChI=1S/C15H16O2/c1-10(2)15(3)16-13-9-8-11-6-4-5-7-12(11)14(13)17-15/h4-10H,1-3H3. The molecule has 1 atom stereocenters. The van der Waals surface area contributed by atoms with Crippen molar-refractivity contribution in [2.24, 2.45) is 5.92 Å². The van der Waals surface area contributed by atoms with Crippen LogP contribution in [0.1, 0.15) is 20.8 Å². The SMILES string of the molecule is CC(C)C1(C)Oc2ccc3ccccc3c2O1. The number of fused-ring (bicyclic) bond motifs is 3. The molecule has 0 aromatic heterocycles. The maximum atomic E-state index is 6.05. The average molecular weight is 228 g/mol. The molecule has 17 heavy (non-hydrogen) atoms. The Morgan fingerprint density at radius 3 is 2.53 bits per heavy atom. The van der Waals surface area contributed by atoms with Gasteiger partial charge in [0.25, 0.3) is 5.79 Å². The second kappa shape index (κ2) is 3.39. The van der Waals surface area contributed by atoms with Gasteiger partial charge >= 0.3 is 0 Å². The van der Waals surface area contributed by atoms with Gasteiger partial charge in [-0.2, -0.15) is 0 Å². The number of hydrogen-bond acceptors (Lipinski definition) is 2. The second-order valence-electron chi connectivity index (χ2n) is 4.99. The summed E-state index contributed by atoms with van der Waals surface area (Å²) < 4.78 is 12.0. The monoisotopic (exact) mass is 228 g/mol. The molecule has 0 fully saturated rings. The quantitative estimate of drug-likeness (QED) is 0.735. The lowest BCUT2D eigenvalue weighted by Gasteiger charge is -2.26. The molecular formula is C15H16O2. The Bertz CT molecular complexity index is 574. The minimum Gasteiger partial charge on any atom is -0.448 e. The van der Waals surface area contributed by atoms with E-state index < -0.39 is 5.79 Å². The molecule has 1 aliphatic rings. The van der Waals surface area contributed by atoms with Gasteiger partial charge in [0.15, 0.2) is 11.5 Å². The number of ether oxygens (including phenoxy) is 2. The molecule has 0 bridgehead atoms. The van der Waals surface area contributed by atoms with Crippen LogP contribution in [0, 0.1) is 5.92 Å². The summed E-state index contributed by atoms with van der Waals surface area (Å²) in [6.07, 6.45) is 0. The van der Waals surface area contributed by atoms with Crippen LogP contribution in [0.5, 0.6) is 11.5 Å². The van der Waals surface area contributed by atoms with Crippen molar-refractivity contribution in [3.63, 3.8) is 0 Å². The van der Waals surface area contributed by atoms with E-state index in [0.29, 0.717) is 5.92 Å². The van der Waals surface area contributed by atoms with E-state index in [1.807, 2.05) is 25.1 Å². The molecule has 0 spiro atoms. The smallest absolute Gasteiger partial charge is 0.251 e. The van der Waals surface area contributed by atoms with Crippen LogP contribution in [-0.2, 0) is 0 Å². The Morgan fingerprint density at radius 2 is 1.76 bits per heavy atom. The first-order valence-corrected chi connectivity index (χ1v) is 6.00. The summed E-state index contributed by atoms with van der Waals surface area (Å²) in [5.74, 6) is 1.47. The zero-order valence-electron chi connectivity index (χ0n) is 10.4. The zero-order valence-corrected chi connectivity index (χ0v) is 10.4. The highest BCUT2D eigenvalue weighted by Gasteiger charge is 2.40. The van der Waals surface area contributed by atoms with Crippen LogP contribution in [0.15, 0.2) is 36.4 Å². The van der Waals surface area contributed by atoms with Crippen LogP contribution in [0.25, 0.3) is 10.8 Å². The molecule has 1 unspecified atom stereocenters. The maximum absolute atomic E-state index is 6.05. The van der Waals surface area contributed by atoms with Crippen molar-refractivity contribution in [1.29, 1.82) is 0 Å². The van der Waals surface area contributed by atoms with Crippen molar-refractivity contribution in [2.45, 2.75) is 26.6 Å². The topological polar surface area (TPSA) is 18.5 Å². The van der Waals surface area contributed by atoms with Crippen molar-refractivity contribution < 1.29 is 9.47 Å². The fraction of sp³-hybridized carbons (Fsp3) is 0.333. The Balaban J connectivity index is 2.17. The molecule has 0 N–H and O–H groups in total. The first kappa shape index (κ1) is 10.5. The minimum absolute atomic E-state index is 0.300. The predicted molar refractivity (Wildman–Crippen MR) is 68.4 cm³/mol. The largest absolute Gasteiger partial charge is 0.448 e. The summed E-state index contributed by atoms with van der Waals surface area (Å²) >= 11 is 0. The van der Waals surface area contributed by atoms with E-state index in [-0.39, 0.29) is 0 Å². The van der Waals surface area contributed by atoms with E-state index >= 15 is 0 Å². The molecule has 2 heteroatoms. The molecule has 3 rings (SSSR count). The van der Waals surface area contributed by atoms with Crippen molar-refractivity contribution in [2.75, 3.05) is 0 Å². The van der Waals surface area contributed by atoms with Crippen molar-refractivity contribution in [3.8, 4) is 11.5 Å². The van der Waals surface area contributed by atoms with Crippen LogP contribution in [0.3, 0.4) is 0 Å². The van der Waals surface area contributed by atoms with Crippen LogP contribution < -0.4 is 9.47 Å². The molecule has 0 aliphatic carbocycles. The molecule has 0 saturated heterocycles. The minimum atomic E-state index is -0.549.